The van der Waals surface area contributed by atoms with Crippen molar-refractivity contribution in [3.8, 4) is 0 Å². The summed E-state index contributed by atoms with van der Waals surface area (Å²) >= 11 is 0. The predicted molar refractivity (Wildman–Crippen MR) is 53.6 cm³/mol. The molecule has 2 aromatic rings. The predicted octanol–water partition coefficient (Wildman–Crippen LogP) is 3.12. The smallest absolute Gasteiger partial charge is 0.185 e. The van der Waals surface area contributed by atoms with E-state index in [0.717, 1.165) is 22.8 Å². The lowest BCUT2D eigenvalue weighted by Crippen LogP contribution is -1.83. The van der Waals surface area contributed by atoms with Gasteiger partial charge in [-0.3, -0.25) is 4.79 Å². The molecule has 1 heterocycles. The minimum atomic E-state index is 0.522. The molecule has 0 saturated heterocycles. The van der Waals surface area contributed by atoms with Gasteiger partial charge in [0.15, 0.2) is 12.0 Å². The summed E-state index contributed by atoms with van der Waals surface area (Å²) < 4.78 is 5.48. The van der Waals surface area contributed by atoms with E-state index in [1.807, 2.05) is 24.3 Å². The van der Waals surface area contributed by atoms with Crippen LogP contribution in [0.3, 0.4) is 0 Å². The molecule has 1 aliphatic carbocycles. The fourth-order valence-electron chi connectivity index (χ4n) is 1.96. The van der Waals surface area contributed by atoms with Gasteiger partial charge >= 0.3 is 0 Å². The van der Waals surface area contributed by atoms with E-state index < -0.39 is 0 Å². The molecule has 1 aliphatic rings. The van der Waals surface area contributed by atoms with Crippen molar-refractivity contribution >= 4 is 17.3 Å². The summed E-state index contributed by atoms with van der Waals surface area (Å²) in [5.41, 5.74) is 1.95. The minimum absolute atomic E-state index is 0.522. The fourth-order valence-corrected chi connectivity index (χ4v) is 1.96. The molecule has 0 amide bonds. The molecule has 0 unspecified atom stereocenters. The van der Waals surface area contributed by atoms with Gasteiger partial charge < -0.3 is 4.42 Å². The largest absolute Gasteiger partial charge is 0.453 e. The van der Waals surface area contributed by atoms with Crippen LogP contribution in [-0.4, -0.2) is 6.29 Å². The van der Waals surface area contributed by atoms with Crippen molar-refractivity contribution in [1.29, 1.82) is 0 Å². The summed E-state index contributed by atoms with van der Waals surface area (Å²) in [6.45, 7) is 0. The maximum atomic E-state index is 10.8. The zero-order chi connectivity index (χ0) is 9.54. The van der Waals surface area contributed by atoms with Crippen molar-refractivity contribution in [3.63, 3.8) is 0 Å². The first-order chi connectivity index (χ1) is 6.90. The Balaban J connectivity index is 2.35. The van der Waals surface area contributed by atoms with Crippen molar-refractivity contribution in [1.82, 2.24) is 0 Å². The van der Waals surface area contributed by atoms with Gasteiger partial charge in [-0.25, -0.2) is 0 Å². The highest BCUT2D eigenvalue weighted by Gasteiger charge is 2.30. The fraction of sp³-hybridized carbons (Fsp3) is 0.250. The van der Waals surface area contributed by atoms with Gasteiger partial charge in [-0.1, -0.05) is 18.2 Å². The lowest BCUT2D eigenvalue weighted by molar-refractivity contribution is 0.110. The van der Waals surface area contributed by atoms with Crippen LogP contribution in [-0.2, 0) is 0 Å². The van der Waals surface area contributed by atoms with E-state index in [1.165, 1.54) is 12.8 Å². The van der Waals surface area contributed by atoms with Crippen molar-refractivity contribution in [2.24, 2.45) is 0 Å². The summed E-state index contributed by atoms with van der Waals surface area (Å²) in [5, 5.41) is 1.11. The van der Waals surface area contributed by atoms with Gasteiger partial charge in [0.25, 0.3) is 0 Å². The Hall–Kier alpha value is -1.57. The van der Waals surface area contributed by atoms with Crippen molar-refractivity contribution in [2.45, 2.75) is 18.8 Å². The first-order valence-corrected chi connectivity index (χ1v) is 4.87. The third kappa shape index (κ3) is 1.00. The molecule has 0 bridgehead atoms. The van der Waals surface area contributed by atoms with Crippen LogP contribution >= 0.6 is 0 Å². The van der Waals surface area contributed by atoms with E-state index in [9.17, 15) is 4.79 Å². The van der Waals surface area contributed by atoms with Crippen molar-refractivity contribution in [3.05, 3.63) is 35.6 Å². The molecule has 2 heteroatoms. The quantitative estimate of drug-likeness (QED) is 0.674. The maximum absolute atomic E-state index is 10.8. The van der Waals surface area contributed by atoms with Crippen molar-refractivity contribution in [2.75, 3.05) is 0 Å². The monoisotopic (exact) mass is 186 g/mol. The molecule has 1 aromatic carbocycles. The Morgan fingerprint density at radius 1 is 1.29 bits per heavy atom. The third-order valence-electron chi connectivity index (χ3n) is 2.76. The lowest BCUT2D eigenvalue weighted by atomic mass is 10.1. The normalized spacial score (nSPS) is 16.0. The summed E-state index contributed by atoms with van der Waals surface area (Å²) in [5.74, 6) is 1.08. The highest BCUT2D eigenvalue weighted by molar-refractivity contribution is 5.90. The van der Waals surface area contributed by atoms with Gasteiger partial charge in [0.1, 0.15) is 5.58 Å². The number of para-hydroxylation sites is 1. The Bertz CT molecular complexity index is 492. The van der Waals surface area contributed by atoms with Crippen molar-refractivity contribution < 1.29 is 9.21 Å². The number of aldehydes is 1. The number of furan rings is 1. The van der Waals surface area contributed by atoms with Gasteiger partial charge in [-0.15, -0.1) is 0 Å². The van der Waals surface area contributed by atoms with Crippen LogP contribution in [0.2, 0.25) is 0 Å². The standard InChI is InChI=1S/C12H10O2/c13-7-11-12(8-5-6-8)9-3-1-2-4-10(9)14-11/h1-4,7-8H,5-6H2. The molecule has 70 valence electrons. The second-order valence-corrected chi connectivity index (χ2v) is 3.77. The summed E-state index contributed by atoms with van der Waals surface area (Å²) in [6, 6.07) is 7.85. The molecular weight excluding hydrogens is 176 g/mol. The number of hydrogen-bond donors (Lipinski definition) is 0. The lowest BCUT2D eigenvalue weighted by Gasteiger charge is -1.92. The minimum Gasteiger partial charge on any atom is -0.453 e. The zero-order valence-electron chi connectivity index (χ0n) is 7.69. The molecule has 0 atom stereocenters. The molecule has 2 nitrogen and oxygen atoms in total. The van der Waals surface area contributed by atoms with Crippen LogP contribution in [0.1, 0.15) is 34.9 Å². The molecule has 1 aromatic heterocycles. The summed E-state index contributed by atoms with van der Waals surface area (Å²) in [7, 11) is 0. The van der Waals surface area contributed by atoms with Gasteiger partial charge in [-0.2, -0.15) is 0 Å². The van der Waals surface area contributed by atoms with Gasteiger partial charge in [0, 0.05) is 10.9 Å². The van der Waals surface area contributed by atoms with Crippen LogP contribution in [0.15, 0.2) is 28.7 Å². The molecular formula is C12H10O2. The van der Waals surface area contributed by atoms with E-state index in [4.69, 9.17) is 4.42 Å². The van der Waals surface area contributed by atoms with Crippen LogP contribution in [0.5, 0.6) is 0 Å². The van der Waals surface area contributed by atoms with E-state index in [-0.39, 0.29) is 0 Å². The number of benzene rings is 1. The van der Waals surface area contributed by atoms with E-state index in [1.54, 1.807) is 0 Å². The molecule has 1 fully saturated rings. The SMILES string of the molecule is O=Cc1oc2ccccc2c1C1CC1. The van der Waals surface area contributed by atoms with Crippen LogP contribution in [0.25, 0.3) is 11.0 Å². The number of carbonyl (C=O) groups excluding carboxylic acids is 1. The molecule has 14 heavy (non-hydrogen) atoms. The Morgan fingerprint density at radius 3 is 2.79 bits per heavy atom. The second-order valence-electron chi connectivity index (χ2n) is 3.77. The number of fused-ring (bicyclic) bond motifs is 1. The van der Waals surface area contributed by atoms with Crippen LogP contribution in [0.4, 0.5) is 0 Å². The molecule has 0 radical (unpaired) electrons. The second kappa shape index (κ2) is 2.71. The number of hydrogen-bond acceptors (Lipinski definition) is 2. The van der Waals surface area contributed by atoms with E-state index in [0.29, 0.717) is 11.7 Å². The van der Waals surface area contributed by atoms with E-state index >= 15 is 0 Å². The molecule has 0 spiro atoms. The first kappa shape index (κ1) is 7.80. The maximum Gasteiger partial charge on any atom is 0.185 e. The molecule has 3 rings (SSSR count). The first-order valence-electron chi connectivity index (χ1n) is 4.87. The zero-order valence-corrected chi connectivity index (χ0v) is 7.69. The third-order valence-corrected chi connectivity index (χ3v) is 2.76. The Labute approximate surface area is 81.5 Å². The molecule has 0 N–H and O–H groups in total. The number of carbonyl (C=O) groups is 1. The average Bonchev–Trinajstić information content (AvgIpc) is 2.98. The molecule has 1 saturated carbocycles. The van der Waals surface area contributed by atoms with Gasteiger partial charge in [0.05, 0.1) is 0 Å². The Kier molecular flexibility index (Phi) is 1.51. The van der Waals surface area contributed by atoms with Gasteiger partial charge in [0.2, 0.25) is 0 Å². The summed E-state index contributed by atoms with van der Waals surface area (Å²) in [4.78, 5) is 10.8. The summed E-state index contributed by atoms with van der Waals surface area (Å²) in [6.07, 6.45) is 3.20. The molecule has 0 aliphatic heterocycles. The topological polar surface area (TPSA) is 30.2 Å². The van der Waals surface area contributed by atoms with E-state index in [2.05, 4.69) is 0 Å². The Morgan fingerprint density at radius 2 is 2.07 bits per heavy atom. The van der Waals surface area contributed by atoms with Crippen LogP contribution in [0, 0.1) is 0 Å². The number of rotatable bonds is 2. The van der Waals surface area contributed by atoms with Crippen LogP contribution < -0.4 is 0 Å². The average molecular weight is 186 g/mol. The van der Waals surface area contributed by atoms with Gasteiger partial charge in [-0.05, 0) is 24.8 Å². The highest BCUT2D eigenvalue weighted by Crippen LogP contribution is 2.45. The highest BCUT2D eigenvalue weighted by atomic mass is 16.3.